The second-order valence-electron chi connectivity index (χ2n) is 7.98. The van der Waals surface area contributed by atoms with Crippen LogP contribution >= 0.6 is 0 Å². The summed E-state index contributed by atoms with van der Waals surface area (Å²) in [5.74, 6) is -1.46. The molecule has 0 radical (unpaired) electrons. The van der Waals surface area contributed by atoms with Crippen molar-refractivity contribution >= 4 is 12.0 Å². The second kappa shape index (κ2) is 9.79. The van der Waals surface area contributed by atoms with Crippen LogP contribution in [0.3, 0.4) is 0 Å². The molecule has 0 saturated carbocycles. The number of nitrogens with zero attached hydrogens (tertiary/aromatic N) is 2. The smallest absolute Gasteiger partial charge is 0.416 e. The minimum absolute atomic E-state index is 0.00924. The number of hydrogen-bond acceptors (Lipinski definition) is 5. The minimum Gasteiger partial charge on any atom is -0.489 e. The van der Waals surface area contributed by atoms with Crippen LogP contribution in [0.4, 0.5) is 30.7 Å². The average Bonchev–Trinajstić information content (AvgIpc) is 3.30. The molecule has 13 heteroatoms. The van der Waals surface area contributed by atoms with Gasteiger partial charge in [0.1, 0.15) is 30.5 Å². The first-order valence-corrected chi connectivity index (χ1v) is 10.5. The van der Waals surface area contributed by atoms with Crippen molar-refractivity contribution in [2.75, 3.05) is 13.7 Å². The molecule has 1 aliphatic rings. The average molecular weight is 530 g/mol. The van der Waals surface area contributed by atoms with Crippen molar-refractivity contribution in [2.24, 2.45) is 0 Å². The van der Waals surface area contributed by atoms with Gasteiger partial charge in [0.05, 0.1) is 42.1 Å². The SMILES string of the molecule is COC(=O)c1cnn(CC2=Cc3c(F)cc(OCc4ccc(C(F)(F)F)cc4C(F)(F)F)cc3OC2)c1. The van der Waals surface area contributed by atoms with Crippen LogP contribution in [-0.4, -0.2) is 29.5 Å². The van der Waals surface area contributed by atoms with Gasteiger partial charge < -0.3 is 14.2 Å². The number of aromatic nitrogens is 2. The summed E-state index contributed by atoms with van der Waals surface area (Å²) in [6, 6.07) is 3.40. The number of methoxy groups -OCH3 is 1. The van der Waals surface area contributed by atoms with Gasteiger partial charge in [-0.1, -0.05) is 6.07 Å². The molecule has 0 N–H and O–H groups in total. The Bertz CT molecular complexity index is 1360. The molecule has 0 bridgehead atoms. The van der Waals surface area contributed by atoms with Crippen molar-refractivity contribution in [3.8, 4) is 11.5 Å². The number of alkyl halides is 6. The standard InChI is InChI=1S/C24H17F7N2O4/c1-35-22(34)15-8-32-33(10-15)9-13-4-18-20(25)6-17(7-21(18)37-11-13)36-12-14-2-3-16(23(26,27)28)5-19(14)24(29,30)31/h2-8,10H,9,11-12H2,1H3. The van der Waals surface area contributed by atoms with Crippen LogP contribution < -0.4 is 9.47 Å². The largest absolute Gasteiger partial charge is 0.489 e. The number of benzene rings is 2. The molecule has 0 spiro atoms. The molecular weight excluding hydrogens is 513 g/mol. The number of ether oxygens (including phenoxy) is 3. The van der Waals surface area contributed by atoms with E-state index in [0.29, 0.717) is 17.7 Å². The molecule has 0 aliphatic carbocycles. The van der Waals surface area contributed by atoms with Crippen LogP contribution in [0.1, 0.15) is 32.6 Å². The van der Waals surface area contributed by atoms with Crippen LogP contribution in [0.5, 0.6) is 11.5 Å². The summed E-state index contributed by atoms with van der Waals surface area (Å²) in [7, 11) is 1.23. The molecule has 0 fully saturated rings. The number of esters is 1. The fourth-order valence-electron chi connectivity index (χ4n) is 3.60. The van der Waals surface area contributed by atoms with E-state index in [1.54, 1.807) is 0 Å². The predicted molar refractivity (Wildman–Crippen MR) is 114 cm³/mol. The quantitative estimate of drug-likeness (QED) is 0.293. The van der Waals surface area contributed by atoms with E-state index in [2.05, 4.69) is 9.84 Å². The third kappa shape index (κ3) is 5.87. The molecular formula is C24H17F7N2O4. The highest BCUT2D eigenvalue weighted by molar-refractivity contribution is 5.88. The number of rotatable bonds is 6. The van der Waals surface area contributed by atoms with Crippen LogP contribution in [0.15, 0.2) is 48.3 Å². The highest BCUT2D eigenvalue weighted by Crippen LogP contribution is 2.38. The Morgan fingerprint density at radius 2 is 1.86 bits per heavy atom. The molecule has 2 aromatic carbocycles. The molecule has 3 aromatic rings. The Labute approximate surface area is 204 Å². The van der Waals surface area contributed by atoms with E-state index in [1.807, 2.05) is 0 Å². The topological polar surface area (TPSA) is 62.6 Å². The summed E-state index contributed by atoms with van der Waals surface area (Å²) in [6.07, 6.45) is -5.74. The second-order valence-corrected chi connectivity index (χ2v) is 7.98. The van der Waals surface area contributed by atoms with E-state index in [1.165, 1.54) is 36.3 Å². The van der Waals surface area contributed by atoms with E-state index < -0.39 is 47.4 Å². The zero-order valence-corrected chi connectivity index (χ0v) is 18.9. The van der Waals surface area contributed by atoms with Crippen LogP contribution in [0.25, 0.3) is 6.08 Å². The first kappa shape index (κ1) is 26.0. The van der Waals surface area contributed by atoms with Crippen LogP contribution in [0, 0.1) is 5.82 Å². The predicted octanol–water partition coefficient (Wildman–Crippen LogP) is 5.90. The summed E-state index contributed by atoms with van der Waals surface area (Å²) < 4.78 is 110. The van der Waals surface area contributed by atoms with Gasteiger partial charge in [-0.2, -0.15) is 31.4 Å². The lowest BCUT2D eigenvalue weighted by atomic mass is 10.0. The Balaban J connectivity index is 1.51. The molecule has 0 unspecified atom stereocenters. The number of halogens is 7. The van der Waals surface area contributed by atoms with Crippen molar-refractivity contribution in [2.45, 2.75) is 25.5 Å². The summed E-state index contributed by atoms with van der Waals surface area (Å²) >= 11 is 0. The maximum atomic E-state index is 14.8. The normalized spacial score (nSPS) is 13.5. The minimum atomic E-state index is -5.06. The first-order chi connectivity index (χ1) is 17.3. The third-order valence-corrected chi connectivity index (χ3v) is 5.38. The van der Waals surface area contributed by atoms with Crippen LogP contribution in [0.2, 0.25) is 0 Å². The molecule has 37 heavy (non-hydrogen) atoms. The van der Waals surface area contributed by atoms with E-state index in [9.17, 15) is 35.5 Å². The Morgan fingerprint density at radius 3 is 2.54 bits per heavy atom. The van der Waals surface area contributed by atoms with Crippen LogP contribution in [-0.2, 0) is 30.2 Å². The van der Waals surface area contributed by atoms with Crippen molar-refractivity contribution < 1.29 is 49.7 Å². The van der Waals surface area contributed by atoms with Gasteiger partial charge >= 0.3 is 18.3 Å². The third-order valence-electron chi connectivity index (χ3n) is 5.38. The molecule has 2 heterocycles. The van der Waals surface area contributed by atoms with Gasteiger partial charge in [-0.3, -0.25) is 4.68 Å². The van der Waals surface area contributed by atoms with Crippen molar-refractivity contribution in [3.63, 3.8) is 0 Å². The fourth-order valence-corrected chi connectivity index (χ4v) is 3.60. The maximum absolute atomic E-state index is 14.8. The zero-order valence-electron chi connectivity index (χ0n) is 18.9. The summed E-state index contributed by atoms with van der Waals surface area (Å²) in [5.41, 5.74) is -2.59. The molecule has 0 atom stereocenters. The molecule has 196 valence electrons. The number of carbonyl (C=O) groups excluding carboxylic acids is 1. The van der Waals surface area contributed by atoms with Gasteiger partial charge in [-0.15, -0.1) is 0 Å². The molecule has 4 rings (SSSR count). The van der Waals surface area contributed by atoms with Gasteiger partial charge in [0, 0.05) is 23.9 Å². The van der Waals surface area contributed by atoms with E-state index in [0.717, 1.165) is 6.07 Å². The number of fused-ring (bicyclic) bond motifs is 1. The van der Waals surface area contributed by atoms with Crippen molar-refractivity contribution in [1.29, 1.82) is 0 Å². The Morgan fingerprint density at radius 1 is 1.11 bits per heavy atom. The number of carbonyl (C=O) groups is 1. The van der Waals surface area contributed by atoms with Gasteiger partial charge in [0.25, 0.3) is 0 Å². The van der Waals surface area contributed by atoms with Crippen molar-refractivity contribution in [3.05, 3.63) is 81.9 Å². The zero-order chi connectivity index (χ0) is 27.0. The molecule has 6 nitrogen and oxygen atoms in total. The summed E-state index contributed by atoms with van der Waals surface area (Å²) in [4.78, 5) is 11.5. The van der Waals surface area contributed by atoms with Gasteiger partial charge in [-0.25, -0.2) is 9.18 Å². The monoisotopic (exact) mass is 530 g/mol. The molecule has 0 amide bonds. The lowest BCUT2D eigenvalue weighted by Crippen LogP contribution is -2.15. The molecule has 1 aromatic heterocycles. The van der Waals surface area contributed by atoms with E-state index >= 15 is 0 Å². The van der Waals surface area contributed by atoms with Crippen molar-refractivity contribution in [1.82, 2.24) is 9.78 Å². The Hall–Kier alpha value is -4.03. The summed E-state index contributed by atoms with van der Waals surface area (Å²) in [5, 5.41) is 4.03. The first-order valence-electron chi connectivity index (χ1n) is 10.5. The summed E-state index contributed by atoms with van der Waals surface area (Å²) in [6.45, 7) is -0.545. The van der Waals surface area contributed by atoms with Gasteiger partial charge in [-0.05, 0) is 23.8 Å². The van der Waals surface area contributed by atoms with Gasteiger partial charge in [0.2, 0.25) is 0 Å². The lowest BCUT2D eigenvalue weighted by Gasteiger charge is -2.20. The lowest BCUT2D eigenvalue weighted by molar-refractivity contribution is -0.143. The van der Waals surface area contributed by atoms with E-state index in [4.69, 9.17) is 9.47 Å². The fraction of sp³-hybridized carbons (Fsp3) is 0.250. The number of hydrogen-bond donors (Lipinski definition) is 0. The molecule has 1 aliphatic heterocycles. The van der Waals surface area contributed by atoms with E-state index in [-0.39, 0.29) is 41.8 Å². The molecule has 0 saturated heterocycles. The highest BCUT2D eigenvalue weighted by atomic mass is 19.4. The maximum Gasteiger partial charge on any atom is 0.416 e. The highest BCUT2D eigenvalue weighted by Gasteiger charge is 2.38. The Kier molecular flexibility index (Phi) is 6.89. The van der Waals surface area contributed by atoms with Gasteiger partial charge in [0.15, 0.2) is 0 Å².